The molecule has 7 heteroatoms. The Morgan fingerprint density at radius 1 is 1.33 bits per heavy atom. The van der Waals surface area contributed by atoms with Gasteiger partial charge in [-0.05, 0) is 24.5 Å². The number of methoxy groups -OCH3 is 1. The number of ether oxygens (including phenoxy) is 1. The van der Waals surface area contributed by atoms with Crippen molar-refractivity contribution in [1.29, 1.82) is 0 Å². The summed E-state index contributed by atoms with van der Waals surface area (Å²) in [5, 5.41) is 3.34. The largest absolute Gasteiger partial charge is 0.467 e. The molecule has 1 amide bonds. The molecule has 0 radical (unpaired) electrons. The van der Waals surface area contributed by atoms with Gasteiger partial charge in [0.2, 0.25) is 0 Å². The number of amides is 1. The van der Waals surface area contributed by atoms with E-state index >= 15 is 0 Å². The molecule has 0 aliphatic heterocycles. The maximum Gasteiger partial charge on any atom is 0.328 e. The second kappa shape index (κ2) is 8.01. The number of rotatable bonds is 6. The van der Waals surface area contributed by atoms with Crippen molar-refractivity contribution in [3.05, 3.63) is 46.2 Å². The molecule has 1 aromatic heterocycles. The van der Waals surface area contributed by atoms with Gasteiger partial charge >= 0.3 is 5.97 Å². The Morgan fingerprint density at radius 3 is 2.71 bits per heavy atom. The normalized spacial score (nSPS) is 12.0. The Kier molecular flexibility index (Phi) is 6.03. The minimum atomic E-state index is -0.738. The maximum absolute atomic E-state index is 12.6. The molecular formula is C17H20N2O4S. The quantitative estimate of drug-likeness (QED) is 0.802. The van der Waals surface area contributed by atoms with Crippen LogP contribution in [-0.4, -0.2) is 41.6 Å². The molecule has 0 bridgehead atoms. The average Bonchev–Trinajstić information content (AvgIpc) is 2.60. The van der Waals surface area contributed by atoms with Crippen LogP contribution in [0.1, 0.15) is 16.8 Å². The Hall–Kier alpha value is -2.28. The predicted molar refractivity (Wildman–Crippen MR) is 95.5 cm³/mol. The average molecular weight is 348 g/mol. The first-order chi connectivity index (χ1) is 11.5. The van der Waals surface area contributed by atoms with E-state index < -0.39 is 17.9 Å². The van der Waals surface area contributed by atoms with E-state index in [1.54, 1.807) is 43.1 Å². The number of para-hydroxylation sites is 1. The van der Waals surface area contributed by atoms with E-state index in [0.717, 1.165) is 0 Å². The number of nitrogens with zero attached hydrogens (tertiary/aromatic N) is 1. The lowest BCUT2D eigenvalue weighted by molar-refractivity contribution is -0.142. The van der Waals surface area contributed by atoms with Crippen LogP contribution in [-0.2, 0) is 16.6 Å². The fraction of sp³-hybridized carbons (Fsp3) is 0.353. The summed E-state index contributed by atoms with van der Waals surface area (Å²) < 4.78 is 6.23. The monoisotopic (exact) mass is 348 g/mol. The maximum atomic E-state index is 12.6. The summed E-state index contributed by atoms with van der Waals surface area (Å²) in [5.41, 5.74) is 0.637. The summed E-state index contributed by atoms with van der Waals surface area (Å²) in [4.78, 5) is 36.6. The van der Waals surface area contributed by atoms with Crippen LogP contribution in [0.5, 0.6) is 0 Å². The summed E-state index contributed by atoms with van der Waals surface area (Å²) >= 11 is 1.58. The predicted octanol–water partition coefficient (Wildman–Crippen LogP) is 1.56. The molecule has 6 nitrogen and oxygen atoms in total. The zero-order valence-corrected chi connectivity index (χ0v) is 14.7. The van der Waals surface area contributed by atoms with Gasteiger partial charge in [0.25, 0.3) is 11.5 Å². The van der Waals surface area contributed by atoms with Gasteiger partial charge in [-0.25, -0.2) is 4.79 Å². The molecule has 2 aromatic rings. The second-order valence-corrected chi connectivity index (χ2v) is 6.29. The SMILES string of the molecule is COC(=O)[C@H](CCSC)NC(=O)c1cc(=O)n(C)c2ccccc12. The van der Waals surface area contributed by atoms with Crippen LogP contribution in [0, 0.1) is 0 Å². The molecule has 128 valence electrons. The first-order valence-electron chi connectivity index (χ1n) is 7.46. The van der Waals surface area contributed by atoms with E-state index in [1.807, 2.05) is 6.26 Å². The van der Waals surface area contributed by atoms with Gasteiger partial charge in [0.05, 0.1) is 18.2 Å². The molecule has 0 fully saturated rings. The first-order valence-corrected chi connectivity index (χ1v) is 8.85. The van der Waals surface area contributed by atoms with Crippen molar-refractivity contribution < 1.29 is 14.3 Å². The Labute approximate surface area is 144 Å². The number of benzene rings is 1. The van der Waals surface area contributed by atoms with Gasteiger partial charge in [-0.2, -0.15) is 11.8 Å². The third-order valence-corrected chi connectivity index (χ3v) is 4.44. The van der Waals surface area contributed by atoms with Gasteiger partial charge in [-0.3, -0.25) is 9.59 Å². The third-order valence-electron chi connectivity index (χ3n) is 3.80. The van der Waals surface area contributed by atoms with Crippen molar-refractivity contribution in [2.75, 3.05) is 19.1 Å². The van der Waals surface area contributed by atoms with E-state index in [2.05, 4.69) is 5.32 Å². The van der Waals surface area contributed by atoms with E-state index in [-0.39, 0.29) is 11.1 Å². The number of aromatic nitrogens is 1. The number of nitrogens with one attached hydrogen (secondary N) is 1. The van der Waals surface area contributed by atoms with Crippen LogP contribution in [0.15, 0.2) is 35.1 Å². The van der Waals surface area contributed by atoms with Gasteiger partial charge in [0.15, 0.2) is 0 Å². The van der Waals surface area contributed by atoms with E-state index in [4.69, 9.17) is 4.74 Å². The molecule has 1 atom stereocenters. The van der Waals surface area contributed by atoms with Gasteiger partial charge in [-0.1, -0.05) is 18.2 Å². The lowest BCUT2D eigenvalue weighted by Gasteiger charge is -2.17. The molecule has 1 aromatic carbocycles. The molecule has 1 N–H and O–H groups in total. The van der Waals surface area contributed by atoms with Crippen LogP contribution in [0.2, 0.25) is 0 Å². The number of pyridine rings is 1. The number of hydrogen-bond donors (Lipinski definition) is 1. The summed E-state index contributed by atoms with van der Waals surface area (Å²) in [6.45, 7) is 0. The first kappa shape index (κ1) is 18.1. The van der Waals surface area contributed by atoms with Crippen molar-refractivity contribution in [2.45, 2.75) is 12.5 Å². The second-order valence-electron chi connectivity index (χ2n) is 5.30. The number of aryl methyl sites for hydroxylation is 1. The van der Waals surface area contributed by atoms with Crippen LogP contribution >= 0.6 is 11.8 Å². The van der Waals surface area contributed by atoms with Crippen LogP contribution in [0.25, 0.3) is 10.9 Å². The topological polar surface area (TPSA) is 77.4 Å². The van der Waals surface area contributed by atoms with E-state index in [0.29, 0.717) is 23.1 Å². The van der Waals surface area contributed by atoms with Gasteiger partial charge in [0, 0.05) is 18.5 Å². The van der Waals surface area contributed by atoms with Crippen molar-refractivity contribution >= 4 is 34.5 Å². The highest BCUT2D eigenvalue weighted by molar-refractivity contribution is 7.98. The standard InChI is InChI=1S/C17H20N2O4S/c1-19-14-7-5-4-6-11(14)12(10-15(19)20)16(21)18-13(8-9-24-3)17(22)23-2/h4-7,10,13H,8-9H2,1-3H3,(H,18,21)/t13-/m0/s1. The molecule has 1 heterocycles. The highest BCUT2D eigenvalue weighted by atomic mass is 32.2. The molecule has 2 rings (SSSR count). The molecule has 0 saturated carbocycles. The lowest BCUT2D eigenvalue weighted by atomic mass is 10.1. The van der Waals surface area contributed by atoms with Crippen LogP contribution in [0.4, 0.5) is 0 Å². The summed E-state index contributed by atoms with van der Waals surface area (Å²) in [5.74, 6) is -0.247. The summed E-state index contributed by atoms with van der Waals surface area (Å²) in [7, 11) is 2.94. The van der Waals surface area contributed by atoms with Crippen LogP contribution < -0.4 is 10.9 Å². The molecule has 0 unspecified atom stereocenters. The molecular weight excluding hydrogens is 328 g/mol. The Balaban J connectivity index is 2.38. The van der Waals surface area contributed by atoms with Crippen molar-refractivity contribution in [1.82, 2.24) is 9.88 Å². The number of carbonyl (C=O) groups is 2. The molecule has 0 aliphatic carbocycles. The van der Waals surface area contributed by atoms with Gasteiger partial charge in [0.1, 0.15) is 6.04 Å². The minimum absolute atomic E-state index is 0.256. The fourth-order valence-corrected chi connectivity index (χ4v) is 2.93. The fourth-order valence-electron chi connectivity index (χ4n) is 2.46. The van der Waals surface area contributed by atoms with Gasteiger partial charge in [-0.15, -0.1) is 0 Å². The zero-order valence-electron chi connectivity index (χ0n) is 13.9. The third kappa shape index (κ3) is 3.79. The summed E-state index contributed by atoms with van der Waals surface area (Å²) in [6, 6.07) is 7.71. The molecule has 0 aliphatic rings. The Morgan fingerprint density at radius 2 is 2.04 bits per heavy atom. The zero-order chi connectivity index (χ0) is 17.7. The number of thioether (sulfide) groups is 1. The Bertz CT molecular complexity index is 816. The number of fused-ring (bicyclic) bond motifs is 1. The van der Waals surface area contributed by atoms with E-state index in [1.165, 1.54) is 17.7 Å². The van der Waals surface area contributed by atoms with Crippen LogP contribution in [0.3, 0.4) is 0 Å². The minimum Gasteiger partial charge on any atom is -0.467 e. The number of esters is 1. The molecule has 0 spiro atoms. The van der Waals surface area contributed by atoms with Crippen molar-refractivity contribution in [3.8, 4) is 0 Å². The molecule has 24 heavy (non-hydrogen) atoms. The highest BCUT2D eigenvalue weighted by Gasteiger charge is 2.23. The number of carbonyl (C=O) groups excluding carboxylic acids is 2. The molecule has 0 saturated heterocycles. The lowest BCUT2D eigenvalue weighted by Crippen LogP contribution is -2.42. The van der Waals surface area contributed by atoms with E-state index in [9.17, 15) is 14.4 Å². The van der Waals surface area contributed by atoms with Crippen molar-refractivity contribution in [2.24, 2.45) is 7.05 Å². The highest BCUT2D eigenvalue weighted by Crippen LogP contribution is 2.16. The summed E-state index contributed by atoms with van der Waals surface area (Å²) in [6.07, 6.45) is 2.38. The van der Waals surface area contributed by atoms with Gasteiger partial charge < -0.3 is 14.6 Å². The number of hydrogen-bond acceptors (Lipinski definition) is 5. The smallest absolute Gasteiger partial charge is 0.328 e. The van der Waals surface area contributed by atoms with Crippen molar-refractivity contribution in [3.63, 3.8) is 0 Å².